The van der Waals surface area contributed by atoms with Gasteiger partial charge < -0.3 is 14.5 Å². The molecule has 5 nitrogen and oxygen atoms in total. The summed E-state index contributed by atoms with van der Waals surface area (Å²) in [5, 5.41) is 9.38. The first-order valence-corrected chi connectivity index (χ1v) is 8.93. The molecule has 29 heavy (non-hydrogen) atoms. The summed E-state index contributed by atoms with van der Waals surface area (Å²) in [6, 6.07) is 14.0. The topological polar surface area (TPSA) is 56.6 Å². The quantitative estimate of drug-likeness (QED) is 0.567. The van der Waals surface area contributed by atoms with E-state index < -0.39 is 12.5 Å². The van der Waals surface area contributed by atoms with Crippen molar-refractivity contribution in [1.29, 1.82) is 5.26 Å². The molecule has 0 saturated carbocycles. The Hall–Kier alpha value is -3.47. The third kappa shape index (κ3) is 5.08. The fraction of sp³-hybridized carbons (Fsp3) is 0.238. The zero-order chi connectivity index (χ0) is 20.8. The zero-order valence-corrected chi connectivity index (χ0v) is 15.4. The minimum atomic E-state index is -2.92. The van der Waals surface area contributed by atoms with E-state index in [1.165, 1.54) is 36.4 Å². The number of hydrogen-bond acceptors (Lipinski definition) is 4. The fourth-order valence-corrected chi connectivity index (χ4v) is 3.08. The zero-order valence-electron chi connectivity index (χ0n) is 15.4. The second-order valence-electron chi connectivity index (χ2n) is 6.35. The van der Waals surface area contributed by atoms with E-state index >= 15 is 0 Å². The van der Waals surface area contributed by atoms with Crippen molar-refractivity contribution in [2.45, 2.75) is 6.61 Å². The summed E-state index contributed by atoms with van der Waals surface area (Å²) < 4.78 is 42.6. The van der Waals surface area contributed by atoms with E-state index in [2.05, 4.69) is 4.74 Å². The Labute approximate surface area is 166 Å². The molecule has 0 N–H and O–H groups in total. The molecule has 150 valence electrons. The number of ether oxygens (including phenoxy) is 1. The van der Waals surface area contributed by atoms with Crippen molar-refractivity contribution in [1.82, 2.24) is 4.90 Å². The number of anilines is 1. The second-order valence-corrected chi connectivity index (χ2v) is 6.35. The summed E-state index contributed by atoms with van der Waals surface area (Å²) in [5.41, 5.74) is 0.940. The van der Waals surface area contributed by atoms with Crippen LogP contribution < -0.4 is 9.64 Å². The van der Waals surface area contributed by atoms with Crippen LogP contribution in [0.1, 0.15) is 5.56 Å². The first kappa shape index (κ1) is 20.3. The lowest BCUT2D eigenvalue weighted by Crippen LogP contribution is -2.49. The summed E-state index contributed by atoms with van der Waals surface area (Å²) in [6.45, 7) is -1.31. The van der Waals surface area contributed by atoms with Gasteiger partial charge in [0.2, 0.25) is 0 Å². The Balaban J connectivity index is 1.65. The molecule has 1 fully saturated rings. The first-order valence-electron chi connectivity index (χ1n) is 8.93. The molecule has 8 heteroatoms. The molecule has 0 spiro atoms. The maximum Gasteiger partial charge on any atom is 0.387 e. The number of hydrogen-bond donors (Lipinski definition) is 0. The minimum absolute atomic E-state index is 0.00810. The van der Waals surface area contributed by atoms with Crippen LogP contribution in [-0.2, 0) is 4.79 Å². The van der Waals surface area contributed by atoms with Crippen LogP contribution in [0.25, 0.3) is 6.08 Å². The molecule has 1 heterocycles. The highest BCUT2D eigenvalue weighted by Crippen LogP contribution is 2.21. The Bertz CT molecular complexity index is 931. The predicted octanol–water partition coefficient (Wildman–Crippen LogP) is 3.68. The lowest BCUT2D eigenvalue weighted by molar-refractivity contribution is -0.126. The number of carbonyl (C=O) groups excluding carboxylic acids is 1. The molecular weight excluding hydrogens is 383 g/mol. The van der Waals surface area contributed by atoms with Crippen molar-refractivity contribution in [3.8, 4) is 11.8 Å². The van der Waals surface area contributed by atoms with E-state index in [9.17, 15) is 23.2 Å². The van der Waals surface area contributed by atoms with Crippen molar-refractivity contribution in [2.75, 3.05) is 31.1 Å². The molecule has 2 aromatic carbocycles. The van der Waals surface area contributed by atoms with Gasteiger partial charge in [0.15, 0.2) is 0 Å². The van der Waals surface area contributed by atoms with E-state index in [-0.39, 0.29) is 17.1 Å². The number of para-hydroxylation sites is 1. The van der Waals surface area contributed by atoms with Crippen molar-refractivity contribution >= 4 is 17.7 Å². The molecule has 0 atom stereocenters. The number of halogens is 3. The van der Waals surface area contributed by atoms with Crippen LogP contribution >= 0.6 is 0 Å². The highest BCUT2D eigenvalue weighted by molar-refractivity contribution is 6.01. The second kappa shape index (κ2) is 9.15. The fourth-order valence-electron chi connectivity index (χ4n) is 3.08. The van der Waals surface area contributed by atoms with Gasteiger partial charge in [0.05, 0.1) is 5.69 Å². The van der Waals surface area contributed by atoms with Crippen molar-refractivity contribution in [3.63, 3.8) is 0 Å². The number of amides is 1. The Morgan fingerprint density at radius 2 is 1.72 bits per heavy atom. The Morgan fingerprint density at radius 1 is 1.07 bits per heavy atom. The predicted molar refractivity (Wildman–Crippen MR) is 102 cm³/mol. The van der Waals surface area contributed by atoms with E-state index in [0.29, 0.717) is 37.4 Å². The number of carbonyl (C=O) groups is 1. The van der Waals surface area contributed by atoms with Gasteiger partial charge in [-0.25, -0.2) is 4.39 Å². The molecule has 0 aromatic heterocycles. The number of nitrogens with zero attached hydrogens (tertiary/aromatic N) is 3. The molecule has 2 aromatic rings. The smallest absolute Gasteiger partial charge is 0.387 e. The van der Waals surface area contributed by atoms with Gasteiger partial charge in [-0.15, -0.1) is 0 Å². The van der Waals surface area contributed by atoms with Gasteiger partial charge in [-0.2, -0.15) is 14.0 Å². The average molecular weight is 401 g/mol. The van der Waals surface area contributed by atoms with E-state index in [0.717, 1.165) is 0 Å². The van der Waals surface area contributed by atoms with Crippen molar-refractivity contribution in [2.24, 2.45) is 0 Å². The van der Waals surface area contributed by atoms with Crippen LogP contribution in [0, 0.1) is 17.1 Å². The molecule has 0 unspecified atom stereocenters. The van der Waals surface area contributed by atoms with Gasteiger partial charge in [-0.1, -0.05) is 24.3 Å². The first-order chi connectivity index (χ1) is 14.0. The molecule has 1 amide bonds. The van der Waals surface area contributed by atoms with Crippen LogP contribution in [0.3, 0.4) is 0 Å². The molecule has 1 aliphatic heterocycles. The van der Waals surface area contributed by atoms with Gasteiger partial charge in [0.1, 0.15) is 23.2 Å². The van der Waals surface area contributed by atoms with Gasteiger partial charge in [-0.05, 0) is 35.9 Å². The highest BCUT2D eigenvalue weighted by Gasteiger charge is 2.24. The third-order valence-corrected chi connectivity index (χ3v) is 4.53. The minimum Gasteiger partial charge on any atom is -0.435 e. The molecule has 1 saturated heterocycles. The van der Waals surface area contributed by atoms with Gasteiger partial charge >= 0.3 is 6.61 Å². The monoisotopic (exact) mass is 401 g/mol. The standard InChI is InChI=1S/C21H18F3N3O2/c22-18-3-1-2-4-19(18)26-9-11-27(12-10-26)20(28)16(14-25)13-15-5-7-17(8-6-15)29-21(23)24/h1-8,13,21H,9-12H2/b16-13+. The highest BCUT2D eigenvalue weighted by atomic mass is 19.3. The molecule has 0 aliphatic carbocycles. The molecule has 0 bridgehead atoms. The third-order valence-electron chi connectivity index (χ3n) is 4.53. The van der Waals surface area contributed by atoms with Crippen molar-refractivity contribution in [3.05, 3.63) is 65.5 Å². The number of alkyl halides is 2. The maximum absolute atomic E-state index is 13.9. The Kier molecular flexibility index (Phi) is 6.39. The van der Waals surface area contributed by atoms with Gasteiger partial charge in [-0.3, -0.25) is 4.79 Å². The Morgan fingerprint density at radius 3 is 2.31 bits per heavy atom. The summed E-state index contributed by atoms with van der Waals surface area (Å²) in [5.74, 6) is -0.746. The van der Waals surface area contributed by atoms with Gasteiger partial charge in [0, 0.05) is 26.2 Å². The van der Waals surface area contributed by atoms with Crippen LogP contribution in [0.5, 0.6) is 5.75 Å². The van der Waals surface area contributed by atoms with E-state index in [4.69, 9.17) is 0 Å². The number of piperazine rings is 1. The normalized spacial score (nSPS) is 14.7. The van der Waals surface area contributed by atoms with E-state index in [1.54, 1.807) is 23.1 Å². The summed E-state index contributed by atoms with van der Waals surface area (Å²) in [4.78, 5) is 16.1. The van der Waals surface area contributed by atoms with Crippen LogP contribution in [0.2, 0.25) is 0 Å². The number of rotatable bonds is 5. The number of benzene rings is 2. The van der Waals surface area contributed by atoms with Crippen LogP contribution in [0.4, 0.5) is 18.9 Å². The lowest BCUT2D eigenvalue weighted by Gasteiger charge is -2.36. The van der Waals surface area contributed by atoms with Crippen molar-refractivity contribution < 1.29 is 22.7 Å². The molecule has 3 rings (SSSR count). The van der Waals surface area contributed by atoms with Crippen LogP contribution in [-0.4, -0.2) is 43.6 Å². The molecule has 0 radical (unpaired) electrons. The number of nitriles is 1. The lowest BCUT2D eigenvalue weighted by atomic mass is 10.1. The molecular formula is C21H18F3N3O2. The SMILES string of the molecule is N#C/C(=C\c1ccc(OC(F)F)cc1)C(=O)N1CCN(c2ccccc2F)CC1. The average Bonchev–Trinajstić information content (AvgIpc) is 2.73. The summed E-state index contributed by atoms with van der Waals surface area (Å²) >= 11 is 0. The maximum atomic E-state index is 13.9. The molecule has 1 aliphatic rings. The largest absolute Gasteiger partial charge is 0.435 e. The van der Waals surface area contributed by atoms with Gasteiger partial charge in [0.25, 0.3) is 5.91 Å². The van der Waals surface area contributed by atoms with E-state index in [1.807, 2.05) is 11.0 Å². The van der Waals surface area contributed by atoms with Crippen LogP contribution in [0.15, 0.2) is 54.1 Å². The summed E-state index contributed by atoms with van der Waals surface area (Å²) in [7, 11) is 0. The summed E-state index contributed by atoms with van der Waals surface area (Å²) in [6.07, 6.45) is 1.40.